The van der Waals surface area contributed by atoms with Gasteiger partial charge in [0, 0.05) is 19.5 Å². The second-order valence-electron chi connectivity index (χ2n) is 8.32. The van der Waals surface area contributed by atoms with Gasteiger partial charge in [0.1, 0.15) is 17.5 Å². The molecule has 0 aliphatic carbocycles. The van der Waals surface area contributed by atoms with E-state index in [1.54, 1.807) is 36.3 Å². The molecule has 0 aromatic heterocycles. The number of methoxy groups -OCH3 is 1. The second-order valence-corrected chi connectivity index (χ2v) is 8.32. The molecule has 6 nitrogen and oxygen atoms in total. The summed E-state index contributed by atoms with van der Waals surface area (Å²) in [6, 6.07) is 25.9. The van der Waals surface area contributed by atoms with Crippen molar-refractivity contribution in [2.24, 2.45) is 0 Å². The highest BCUT2D eigenvalue weighted by molar-refractivity contribution is 5.88. The Labute approximate surface area is 207 Å². The quantitative estimate of drug-likeness (QED) is 0.367. The number of carbonyl (C=O) groups is 2. The zero-order chi connectivity index (χ0) is 24.9. The number of unbranched alkanes of at least 4 members (excludes halogenated alkanes) is 1. The van der Waals surface area contributed by atoms with Crippen LogP contribution in [0.25, 0.3) is 0 Å². The van der Waals surface area contributed by atoms with Gasteiger partial charge in [-0.15, -0.1) is 0 Å². The molecule has 3 aromatic rings. The highest BCUT2D eigenvalue weighted by Crippen LogP contribution is 2.19. The molecule has 0 aliphatic heterocycles. The lowest BCUT2D eigenvalue weighted by Crippen LogP contribution is -2.51. The zero-order valence-corrected chi connectivity index (χ0v) is 20.5. The first kappa shape index (κ1) is 25.8. The second kappa shape index (κ2) is 13.8. The molecule has 0 saturated carbocycles. The molecule has 0 saturated heterocycles. The van der Waals surface area contributed by atoms with Crippen molar-refractivity contribution in [3.63, 3.8) is 0 Å². The summed E-state index contributed by atoms with van der Waals surface area (Å²) in [5, 5.41) is 3.02. The smallest absolute Gasteiger partial charge is 0.261 e. The van der Waals surface area contributed by atoms with E-state index in [4.69, 9.17) is 9.47 Å². The van der Waals surface area contributed by atoms with Gasteiger partial charge in [-0.1, -0.05) is 74.0 Å². The number of hydrogen-bond acceptors (Lipinski definition) is 4. The number of rotatable bonds is 13. The molecular weight excluding hydrogens is 440 g/mol. The molecule has 0 spiro atoms. The highest BCUT2D eigenvalue weighted by atomic mass is 16.5. The minimum absolute atomic E-state index is 0.156. The Morgan fingerprint density at radius 1 is 0.857 bits per heavy atom. The number of nitrogens with zero attached hydrogens (tertiary/aromatic N) is 1. The Hall–Kier alpha value is -3.80. The van der Waals surface area contributed by atoms with E-state index in [1.165, 1.54) is 0 Å². The predicted octanol–water partition coefficient (Wildman–Crippen LogP) is 4.63. The van der Waals surface area contributed by atoms with Crippen molar-refractivity contribution in [2.45, 2.75) is 38.8 Å². The third-order valence-corrected chi connectivity index (χ3v) is 5.72. The summed E-state index contributed by atoms with van der Waals surface area (Å²) in [6.07, 6.45) is 2.28. The van der Waals surface area contributed by atoms with Gasteiger partial charge in [-0.2, -0.15) is 0 Å². The molecule has 3 aromatic carbocycles. The molecule has 0 fully saturated rings. The highest BCUT2D eigenvalue weighted by Gasteiger charge is 2.30. The molecule has 0 aliphatic rings. The van der Waals surface area contributed by atoms with Crippen LogP contribution in [0.5, 0.6) is 11.5 Å². The van der Waals surface area contributed by atoms with Gasteiger partial charge >= 0.3 is 0 Å². The van der Waals surface area contributed by atoms with Crippen LogP contribution in [0.2, 0.25) is 0 Å². The fourth-order valence-electron chi connectivity index (χ4n) is 3.74. The van der Waals surface area contributed by atoms with Gasteiger partial charge in [0.2, 0.25) is 5.91 Å². The summed E-state index contributed by atoms with van der Waals surface area (Å²) in [5.74, 6) is 0.860. The van der Waals surface area contributed by atoms with Crippen molar-refractivity contribution in [1.29, 1.82) is 0 Å². The summed E-state index contributed by atoms with van der Waals surface area (Å²) in [5.41, 5.74) is 1.94. The molecule has 1 atom stereocenters. The lowest BCUT2D eigenvalue weighted by molar-refractivity contribution is -0.142. The summed E-state index contributed by atoms with van der Waals surface area (Å²) in [4.78, 5) is 28.5. The SMILES string of the molecule is CCCCNC(=O)[C@H](Cc1ccccc1)N(Cc1ccccc1)C(=O)COc1ccc(OC)cc1. The fourth-order valence-corrected chi connectivity index (χ4v) is 3.74. The molecule has 0 bridgehead atoms. The third-order valence-electron chi connectivity index (χ3n) is 5.72. The molecule has 1 N–H and O–H groups in total. The van der Waals surface area contributed by atoms with Crippen molar-refractivity contribution in [3.8, 4) is 11.5 Å². The average Bonchev–Trinajstić information content (AvgIpc) is 2.90. The third kappa shape index (κ3) is 8.18. The standard InChI is InChI=1S/C29H34N2O4/c1-3-4-19-30-29(33)27(20-23-11-7-5-8-12-23)31(21-24-13-9-6-10-14-24)28(32)22-35-26-17-15-25(34-2)16-18-26/h5-18,27H,3-4,19-22H2,1-2H3,(H,30,33)/t27-/m0/s1. The van der Waals surface area contributed by atoms with Gasteiger partial charge in [-0.25, -0.2) is 0 Å². The van der Waals surface area contributed by atoms with Crippen molar-refractivity contribution >= 4 is 11.8 Å². The maximum Gasteiger partial charge on any atom is 0.261 e. The van der Waals surface area contributed by atoms with E-state index in [-0.39, 0.29) is 18.4 Å². The first-order valence-electron chi connectivity index (χ1n) is 12.0. The van der Waals surface area contributed by atoms with Crippen LogP contribution >= 0.6 is 0 Å². The number of ether oxygens (including phenoxy) is 2. The van der Waals surface area contributed by atoms with Gasteiger partial charge in [0.05, 0.1) is 7.11 Å². The molecule has 0 heterocycles. The molecule has 184 valence electrons. The minimum Gasteiger partial charge on any atom is -0.497 e. The fraction of sp³-hybridized carbons (Fsp3) is 0.310. The van der Waals surface area contributed by atoms with Gasteiger partial charge in [0.15, 0.2) is 6.61 Å². The molecule has 6 heteroatoms. The largest absolute Gasteiger partial charge is 0.497 e. The van der Waals surface area contributed by atoms with E-state index in [2.05, 4.69) is 12.2 Å². The number of benzene rings is 3. The number of hydrogen-bond donors (Lipinski definition) is 1. The number of nitrogens with one attached hydrogen (secondary N) is 1. The number of carbonyl (C=O) groups excluding carboxylic acids is 2. The number of amides is 2. The Kier molecular flexibility index (Phi) is 10.2. The van der Waals surface area contributed by atoms with Gasteiger partial charge in [0.25, 0.3) is 5.91 Å². The van der Waals surface area contributed by atoms with Crippen LogP contribution in [-0.4, -0.2) is 43.0 Å². The molecule has 0 radical (unpaired) electrons. The van der Waals surface area contributed by atoms with Crippen LogP contribution in [0, 0.1) is 0 Å². The lowest BCUT2D eigenvalue weighted by Gasteiger charge is -2.31. The first-order chi connectivity index (χ1) is 17.1. The average molecular weight is 475 g/mol. The molecular formula is C29H34N2O4. The van der Waals surface area contributed by atoms with Crippen LogP contribution in [0.3, 0.4) is 0 Å². The lowest BCUT2D eigenvalue weighted by atomic mass is 10.0. The van der Waals surface area contributed by atoms with Gasteiger partial charge in [-0.05, 0) is 41.8 Å². The Balaban J connectivity index is 1.83. The van der Waals surface area contributed by atoms with E-state index < -0.39 is 6.04 Å². The van der Waals surface area contributed by atoms with Crippen LogP contribution in [-0.2, 0) is 22.6 Å². The van der Waals surface area contributed by atoms with Gasteiger partial charge < -0.3 is 19.7 Å². The van der Waals surface area contributed by atoms with Crippen LogP contribution in [0.1, 0.15) is 30.9 Å². The Morgan fingerprint density at radius 3 is 2.06 bits per heavy atom. The maximum atomic E-state index is 13.5. The summed E-state index contributed by atoms with van der Waals surface area (Å²) in [6.45, 7) is 2.79. The summed E-state index contributed by atoms with van der Waals surface area (Å²) in [7, 11) is 1.60. The molecule has 0 unspecified atom stereocenters. The Bertz CT molecular complexity index is 1040. The first-order valence-corrected chi connectivity index (χ1v) is 12.0. The van der Waals surface area contributed by atoms with E-state index in [0.717, 1.165) is 24.0 Å². The van der Waals surface area contributed by atoms with E-state index in [9.17, 15) is 9.59 Å². The van der Waals surface area contributed by atoms with E-state index in [1.807, 2.05) is 60.7 Å². The van der Waals surface area contributed by atoms with Crippen molar-refractivity contribution in [2.75, 3.05) is 20.3 Å². The molecule has 35 heavy (non-hydrogen) atoms. The monoisotopic (exact) mass is 474 g/mol. The molecule has 2 amide bonds. The molecule has 3 rings (SSSR count). The van der Waals surface area contributed by atoms with Gasteiger partial charge in [-0.3, -0.25) is 9.59 Å². The Morgan fingerprint density at radius 2 is 1.46 bits per heavy atom. The van der Waals surface area contributed by atoms with Crippen molar-refractivity contribution < 1.29 is 19.1 Å². The van der Waals surface area contributed by atoms with Crippen LogP contribution in [0.15, 0.2) is 84.9 Å². The van der Waals surface area contributed by atoms with E-state index in [0.29, 0.717) is 31.0 Å². The predicted molar refractivity (Wildman–Crippen MR) is 137 cm³/mol. The van der Waals surface area contributed by atoms with E-state index >= 15 is 0 Å². The van der Waals surface area contributed by atoms with Crippen molar-refractivity contribution in [3.05, 3.63) is 96.1 Å². The summed E-state index contributed by atoms with van der Waals surface area (Å²) < 4.78 is 11.0. The maximum absolute atomic E-state index is 13.5. The zero-order valence-electron chi connectivity index (χ0n) is 20.5. The van der Waals surface area contributed by atoms with Crippen LogP contribution < -0.4 is 14.8 Å². The normalized spacial score (nSPS) is 11.4. The minimum atomic E-state index is -0.665. The topological polar surface area (TPSA) is 67.9 Å². The van der Waals surface area contributed by atoms with Crippen molar-refractivity contribution in [1.82, 2.24) is 10.2 Å². The summed E-state index contributed by atoms with van der Waals surface area (Å²) >= 11 is 0. The van der Waals surface area contributed by atoms with Crippen LogP contribution in [0.4, 0.5) is 0 Å².